The van der Waals surface area contributed by atoms with Crippen molar-refractivity contribution in [2.75, 3.05) is 19.6 Å². The molecule has 0 aromatic heterocycles. The maximum Gasteiger partial charge on any atom is 0.329 e. The molecule has 3 N–H and O–H groups in total. The van der Waals surface area contributed by atoms with Gasteiger partial charge in [0.1, 0.15) is 5.54 Å². The molecule has 0 bridgehead atoms. The zero-order valence-electron chi connectivity index (χ0n) is 12.2. The lowest BCUT2D eigenvalue weighted by Crippen LogP contribution is -2.58. The van der Waals surface area contributed by atoms with Crippen LogP contribution in [0, 0.1) is 0 Å². The van der Waals surface area contributed by atoms with E-state index in [1.54, 1.807) is 9.80 Å². The molecule has 0 saturated carbocycles. The van der Waals surface area contributed by atoms with Crippen LogP contribution in [0.2, 0.25) is 0 Å². The fraction of sp³-hybridized carbons (Fsp3) is 0.857. The highest BCUT2D eigenvalue weighted by Gasteiger charge is 2.50. The monoisotopic (exact) mass is 283 g/mol. The molecule has 20 heavy (non-hydrogen) atoms. The number of carbonyl (C=O) groups is 2. The number of nitrogens with zero attached hydrogens (tertiary/aromatic N) is 2. The number of aliphatic carboxylic acids is 1. The summed E-state index contributed by atoms with van der Waals surface area (Å²) in [5, 5.41) is 9.62. The molecule has 2 aliphatic heterocycles. The summed E-state index contributed by atoms with van der Waals surface area (Å²) >= 11 is 0. The van der Waals surface area contributed by atoms with E-state index in [4.69, 9.17) is 5.73 Å². The van der Waals surface area contributed by atoms with Crippen molar-refractivity contribution in [3.8, 4) is 0 Å². The number of carboxylic acids is 1. The van der Waals surface area contributed by atoms with Crippen LogP contribution in [0.25, 0.3) is 0 Å². The van der Waals surface area contributed by atoms with Crippen molar-refractivity contribution in [2.24, 2.45) is 5.73 Å². The van der Waals surface area contributed by atoms with Gasteiger partial charge in [0.2, 0.25) is 0 Å². The van der Waals surface area contributed by atoms with Gasteiger partial charge in [-0.3, -0.25) is 0 Å². The van der Waals surface area contributed by atoms with Gasteiger partial charge in [-0.2, -0.15) is 0 Å². The summed E-state index contributed by atoms with van der Waals surface area (Å²) in [6.45, 7) is 3.79. The summed E-state index contributed by atoms with van der Waals surface area (Å²) < 4.78 is 0. The third kappa shape index (κ3) is 2.61. The quantitative estimate of drug-likeness (QED) is 0.816. The van der Waals surface area contributed by atoms with E-state index in [0.717, 1.165) is 25.7 Å². The lowest BCUT2D eigenvalue weighted by molar-refractivity contribution is -0.149. The van der Waals surface area contributed by atoms with Crippen molar-refractivity contribution in [2.45, 2.75) is 57.0 Å². The summed E-state index contributed by atoms with van der Waals surface area (Å²) in [6.07, 6.45) is 4.23. The highest BCUT2D eigenvalue weighted by molar-refractivity contribution is 5.87. The minimum Gasteiger partial charge on any atom is -0.479 e. The van der Waals surface area contributed by atoms with E-state index in [9.17, 15) is 14.7 Å². The van der Waals surface area contributed by atoms with Gasteiger partial charge in [0.15, 0.2) is 0 Å². The van der Waals surface area contributed by atoms with Gasteiger partial charge in [-0.15, -0.1) is 0 Å². The van der Waals surface area contributed by atoms with Crippen LogP contribution in [0.3, 0.4) is 0 Å². The van der Waals surface area contributed by atoms with Crippen LogP contribution in [0.15, 0.2) is 0 Å². The summed E-state index contributed by atoms with van der Waals surface area (Å²) in [4.78, 5) is 27.7. The van der Waals surface area contributed by atoms with Gasteiger partial charge in [-0.25, -0.2) is 9.59 Å². The fourth-order valence-electron chi connectivity index (χ4n) is 3.42. The molecule has 2 saturated heterocycles. The van der Waals surface area contributed by atoms with Gasteiger partial charge >= 0.3 is 12.0 Å². The molecule has 0 spiro atoms. The molecule has 6 nitrogen and oxygen atoms in total. The number of rotatable bonds is 3. The SMILES string of the molecule is CCCC1(C(=O)O)CCCN1C(=O)N1CCC(N)CC1. The second kappa shape index (κ2) is 5.99. The summed E-state index contributed by atoms with van der Waals surface area (Å²) in [5.74, 6) is -0.862. The largest absolute Gasteiger partial charge is 0.479 e. The van der Waals surface area contributed by atoms with E-state index < -0.39 is 11.5 Å². The molecule has 114 valence electrons. The predicted octanol–water partition coefficient (Wildman–Crippen LogP) is 1.25. The topological polar surface area (TPSA) is 86.9 Å². The first-order valence-electron chi connectivity index (χ1n) is 7.57. The summed E-state index contributed by atoms with van der Waals surface area (Å²) in [7, 11) is 0. The van der Waals surface area contributed by atoms with Crippen molar-refractivity contribution >= 4 is 12.0 Å². The molecule has 0 aromatic carbocycles. The molecule has 2 aliphatic rings. The van der Waals surface area contributed by atoms with Crippen LogP contribution in [-0.4, -0.2) is 58.1 Å². The lowest BCUT2D eigenvalue weighted by Gasteiger charge is -2.40. The minimum atomic E-state index is -0.995. The minimum absolute atomic E-state index is 0.120. The Hall–Kier alpha value is -1.30. The second-order valence-corrected chi connectivity index (χ2v) is 5.95. The van der Waals surface area contributed by atoms with E-state index in [0.29, 0.717) is 32.5 Å². The van der Waals surface area contributed by atoms with Crippen molar-refractivity contribution < 1.29 is 14.7 Å². The lowest BCUT2D eigenvalue weighted by atomic mass is 9.91. The molecule has 0 radical (unpaired) electrons. The van der Waals surface area contributed by atoms with E-state index in [2.05, 4.69) is 0 Å². The zero-order valence-corrected chi connectivity index (χ0v) is 12.2. The smallest absolute Gasteiger partial charge is 0.329 e. The number of likely N-dealkylation sites (tertiary alicyclic amines) is 2. The van der Waals surface area contributed by atoms with Gasteiger partial charge in [-0.1, -0.05) is 13.3 Å². The maximum atomic E-state index is 12.6. The normalized spacial score (nSPS) is 27.9. The average Bonchev–Trinajstić information content (AvgIpc) is 2.84. The standard InChI is InChI=1S/C14H25N3O3/c1-2-6-14(12(18)19)7-3-8-17(14)13(20)16-9-4-11(15)5-10-16/h11H,2-10,15H2,1H3,(H,18,19). The van der Waals surface area contributed by atoms with Gasteiger partial charge in [0.05, 0.1) is 0 Å². The maximum absolute atomic E-state index is 12.6. The highest BCUT2D eigenvalue weighted by atomic mass is 16.4. The van der Waals surface area contributed by atoms with Crippen LogP contribution in [0.1, 0.15) is 45.4 Å². The molecule has 2 rings (SSSR count). The first kappa shape index (κ1) is 15.1. The van der Waals surface area contributed by atoms with Crippen molar-refractivity contribution in [3.05, 3.63) is 0 Å². The number of nitrogens with two attached hydrogens (primary N) is 1. The van der Waals surface area contributed by atoms with E-state index in [-0.39, 0.29) is 12.1 Å². The third-order valence-corrected chi connectivity index (χ3v) is 4.59. The van der Waals surface area contributed by atoms with Crippen LogP contribution >= 0.6 is 0 Å². The summed E-state index contributed by atoms with van der Waals surface area (Å²) in [6, 6.07) is 0.0442. The van der Waals surface area contributed by atoms with E-state index >= 15 is 0 Å². The van der Waals surface area contributed by atoms with Gasteiger partial charge in [0, 0.05) is 25.7 Å². The Balaban J connectivity index is 2.13. The zero-order chi connectivity index (χ0) is 14.8. The highest BCUT2D eigenvalue weighted by Crippen LogP contribution is 2.35. The summed E-state index contributed by atoms with van der Waals surface area (Å²) in [5.41, 5.74) is 4.86. The third-order valence-electron chi connectivity index (χ3n) is 4.59. The van der Waals surface area contributed by atoms with Crippen LogP contribution < -0.4 is 5.73 Å². The van der Waals surface area contributed by atoms with Gasteiger partial charge in [-0.05, 0) is 32.1 Å². The molecular formula is C14H25N3O3. The number of hydrogen-bond acceptors (Lipinski definition) is 3. The van der Waals surface area contributed by atoms with E-state index in [1.807, 2.05) is 6.92 Å². The Morgan fingerprint density at radius 3 is 2.50 bits per heavy atom. The van der Waals surface area contributed by atoms with Gasteiger partial charge in [0.25, 0.3) is 0 Å². The molecule has 2 heterocycles. The number of amides is 2. The molecule has 0 aliphatic carbocycles. The van der Waals surface area contributed by atoms with Crippen molar-refractivity contribution in [1.29, 1.82) is 0 Å². The molecule has 6 heteroatoms. The predicted molar refractivity (Wildman–Crippen MR) is 75.4 cm³/mol. The molecule has 1 unspecified atom stereocenters. The first-order valence-corrected chi connectivity index (χ1v) is 7.57. The number of hydrogen-bond donors (Lipinski definition) is 2. The number of piperidine rings is 1. The first-order chi connectivity index (χ1) is 9.51. The van der Waals surface area contributed by atoms with E-state index in [1.165, 1.54) is 0 Å². The Morgan fingerprint density at radius 1 is 1.30 bits per heavy atom. The average molecular weight is 283 g/mol. The van der Waals surface area contributed by atoms with Crippen LogP contribution in [0.5, 0.6) is 0 Å². The Morgan fingerprint density at radius 2 is 1.95 bits per heavy atom. The van der Waals surface area contributed by atoms with Crippen molar-refractivity contribution in [1.82, 2.24) is 9.80 Å². The van der Waals surface area contributed by atoms with Crippen LogP contribution in [0.4, 0.5) is 4.79 Å². The molecule has 2 fully saturated rings. The van der Waals surface area contributed by atoms with Crippen molar-refractivity contribution in [3.63, 3.8) is 0 Å². The van der Waals surface area contributed by atoms with Gasteiger partial charge < -0.3 is 20.6 Å². The number of carbonyl (C=O) groups excluding carboxylic acids is 1. The number of urea groups is 1. The fourth-order valence-corrected chi connectivity index (χ4v) is 3.42. The molecular weight excluding hydrogens is 258 g/mol. The number of carboxylic acid groups (broad SMARTS) is 1. The molecule has 0 aromatic rings. The Kier molecular flexibility index (Phi) is 4.52. The van der Waals surface area contributed by atoms with Crippen LogP contribution in [-0.2, 0) is 4.79 Å². The molecule has 1 atom stereocenters. The second-order valence-electron chi connectivity index (χ2n) is 5.95. The molecule has 2 amide bonds. The Bertz CT molecular complexity index is 380. The Labute approximate surface area is 119 Å².